The molecule has 1 aromatic heterocycles. The third-order valence-corrected chi connectivity index (χ3v) is 3.21. The van der Waals surface area contributed by atoms with E-state index in [1.54, 1.807) is 13.0 Å². The average Bonchev–Trinajstić information content (AvgIpc) is 2.86. The summed E-state index contributed by atoms with van der Waals surface area (Å²) in [7, 11) is 0. The quantitative estimate of drug-likeness (QED) is 0.773. The molecule has 23 heavy (non-hydrogen) atoms. The van der Waals surface area contributed by atoms with Crippen molar-refractivity contribution < 1.29 is 18.8 Å². The molecule has 0 radical (unpaired) electrons. The van der Waals surface area contributed by atoms with E-state index in [-0.39, 0.29) is 36.2 Å². The first-order valence-electron chi connectivity index (χ1n) is 7.24. The highest BCUT2D eigenvalue weighted by atomic mass is 79.9. The molecule has 8 heteroatoms. The number of carbonyl (C=O) groups excluding carboxylic acids is 3. The Kier molecular flexibility index (Phi) is 6.80. The van der Waals surface area contributed by atoms with Crippen molar-refractivity contribution >= 4 is 33.7 Å². The highest BCUT2D eigenvalue weighted by molar-refractivity contribution is 9.10. The summed E-state index contributed by atoms with van der Waals surface area (Å²) in [6.45, 7) is 7.50. The summed E-state index contributed by atoms with van der Waals surface area (Å²) in [5.41, 5.74) is -0.361. The van der Waals surface area contributed by atoms with Crippen LogP contribution in [0.5, 0.6) is 0 Å². The molecule has 0 spiro atoms. The molecule has 0 aliphatic rings. The van der Waals surface area contributed by atoms with E-state index in [9.17, 15) is 14.4 Å². The van der Waals surface area contributed by atoms with Crippen LogP contribution >= 0.6 is 15.9 Å². The lowest BCUT2D eigenvalue weighted by atomic mass is 10.1. The third-order valence-electron chi connectivity index (χ3n) is 2.78. The maximum absolute atomic E-state index is 12.1. The summed E-state index contributed by atoms with van der Waals surface area (Å²) < 4.78 is 5.53. The van der Waals surface area contributed by atoms with Gasteiger partial charge in [-0.25, -0.2) is 0 Å². The SMILES string of the molecule is CCN(CC(=O)NC(C)(C)C)C(=O)CNC(=O)c1ccc(Br)o1. The van der Waals surface area contributed by atoms with Gasteiger partial charge in [0.15, 0.2) is 10.4 Å². The van der Waals surface area contributed by atoms with Gasteiger partial charge in [0, 0.05) is 12.1 Å². The zero-order valence-electron chi connectivity index (χ0n) is 13.7. The molecule has 2 N–H and O–H groups in total. The third kappa shape index (κ3) is 6.85. The fraction of sp³-hybridized carbons (Fsp3) is 0.533. The van der Waals surface area contributed by atoms with Crippen LogP contribution in [0.3, 0.4) is 0 Å². The zero-order chi connectivity index (χ0) is 17.6. The van der Waals surface area contributed by atoms with Crippen LogP contribution in [0.15, 0.2) is 21.2 Å². The highest BCUT2D eigenvalue weighted by Gasteiger charge is 2.20. The van der Waals surface area contributed by atoms with Crippen molar-refractivity contribution in [1.82, 2.24) is 15.5 Å². The normalized spacial score (nSPS) is 11.0. The molecule has 1 heterocycles. The maximum atomic E-state index is 12.1. The van der Waals surface area contributed by atoms with Gasteiger partial charge in [0.2, 0.25) is 11.8 Å². The molecule has 0 atom stereocenters. The number of furan rings is 1. The summed E-state index contributed by atoms with van der Waals surface area (Å²) in [4.78, 5) is 37.2. The first kappa shape index (κ1) is 19.2. The molecular formula is C15H22BrN3O4. The first-order valence-corrected chi connectivity index (χ1v) is 8.04. The molecule has 0 aromatic carbocycles. The number of hydrogen-bond donors (Lipinski definition) is 2. The van der Waals surface area contributed by atoms with Gasteiger partial charge in [-0.3, -0.25) is 14.4 Å². The van der Waals surface area contributed by atoms with Gasteiger partial charge in [0.1, 0.15) is 0 Å². The zero-order valence-corrected chi connectivity index (χ0v) is 15.3. The van der Waals surface area contributed by atoms with E-state index in [0.717, 1.165) is 0 Å². The van der Waals surface area contributed by atoms with E-state index in [4.69, 9.17) is 4.42 Å². The monoisotopic (exact) mass is 387 g/mol. The maximum Gasteiger partial charge on any atom is 0.287 e. The predicted molar refractivity (Wildman–Crippen MR) is 88.9 cm³/mol. The second-order valence-corrected chi connectivity index (χ2v) is 6.77. The minimum absolute atomic E-state index is 0.0469. The number of likely N-dealkylation sites (N-methyl/N-ethyl adjacent to an activating group) is 1. The number of halogens is 1. The van der Waals surface area contributed by atoms with Crippen molar-refractivity contribution in [2.24, 2.45) is 0 Å². The minimum Gasteiger partial charge on any atom is -0.444 e. The van der Waals surface area contributed by atoms with Gasteiger partial charge < -0.3 is 20.0 Å². The minimum atomic E-state index is -0.487. The van der Waals surface area contributed by atoms with E-state index < -0.39 is 5.91 Å². The van der Waals surface area contributed by atoms with Gasteiger partial charge in [0.25, 0.3) is 5.91 Å². The van der Waals surface area contributed by atoms with Crippen molar-refractivity contribution in [2.75, 3.05) is 19.6 Å². The van der Waals surface area contributed by atoms with Crippen LogP contribution in [0.25, 0.3) is 0 Å². The average molecular weight is 388 g/mol. The second-order valence-electron chi connectivity index (χ2n) is 5.99. The van der Waals surface area contributed by atoms with E-state index in [0.29, 0.717) is 11.2 Å². The predicted octanol–water partition coefficient (Wildman–Crippen LogP) is 1.54. The van der Waals surface area contributed by atoms with Crippen molar-refractivity contribution in [3.63, 3.8) is 0 Å². The van der Waals surface area contributed by atoms with E-state index in [2.05, 4.69) is 26.6 Å². The fourth-order valence-electron chi connectivity index (χ4n) is 1.80. The molecule has 3 amide bonds. The Hall–Kier alpha value is -1.83. The Morgan fingerprint density at radius 2 is 1.91 bits per heavy atom. The molecular weight excluding hydrogens is 366 g/mol. The van der Waals surface area contributed by atoms with Crippen LogP contribution in [-0.2, 0) is 9.59 Å². The van der Waals surface area contributed by atoms with E-state index in [1.807, 2.05) is 20.8 Å². The highest BCUT2D eigenvalue weighted by Crippen LogP contribution is 2.13. The molecule has 7 nitrogen and oxygen atoms in total. The van der Waals surface area contributed by atoms with Gasteiger partial charge in [-0.2, -0.15) is 0 Å². The molecule has 0 unspecified atom stereocenters. The number of carbonyl (C=O) groups is 3. The van der Waals surface area contributed by atoms with Gasteiger partial charge in [0.05, 0.1) is 13.1 Å². The lowest BCUT2D eigenvalue weighted by Gasteiger charge is -2.25. The summed E-state index contributed by atoms with van der Waals surface area (Å²) in [5.74, 6) is -0.957. The second kappa shape index (κ2) is 8.14. The molecule has 0 saturated carbocycles. The molecule has 0 saturated heterocycles. The Morgan fingerprint density at radius 3 is 2.39 bits per heavy atom. The lowest BCUT2D eigenvalue weighted by molar-refractivity contribution is -0.135. The largest absolute Gasteiger partial charge is 0.444 e. The molecule has 0 fully saturated rings. The molecule has 1 rings (SSSR count). The van der Waals surface area contributed by atoms with Crippen molar-refractivity contribution in [1.29, 1.82) is 0 Å². The summed E-state index contributed by atoms with van der Waals surface area (Å²) in [6.07, 6.45) is 0. The molecule has 0 bridgehead atoms. The molecule has 0 aliphatic carbocycles. The molecule has 128 valence electrons. The number of nitrogens with one attached hydrogen (secondary N) is 2. The number of rotatable bonds is 6. The van der Waals surface area contributed by atoms with Gasteiger partial charge in [-0.05, 0) is 55.8 Å². The van der Waals surface area contributed by atoms with Crippen LogP contribution in [-0.4, -0.2) is 47.8 Å². The van der Waals surface area contributed by atoms with Gasteiger partial charge >= 0.3 is 0 Å². The van der Waals surface area contributed by atoms with Crippen molar-refractivity contribution in [3.05, 3.63) is 22.6 Å². The topological polar surface area (TPSA) is 91.7 Å². The van der Waals surface area contributed by atoms with Gasteiger partial charge in [-0.1, -0.05) is 0 Å². The van der Waals surface area contributed by atoms with E-state index >= 15 is 0 Å². The number of nitrogens with zero attached hydrogens (tertiary/aromatic N) is 1. The molecule has 1 aromatic rings. The van der Waals surface area contributed by atoms with Crippen LogP contribution in [0.2, 0.25) is 0 Å². The summed E-state index contributed by atoms with van der Waals surface area (Å²) in [5, 5.41) is 5.26. The standard InChI is InChI=1S/C15H22BrN3O4/c1-5-19(9-12(20)18-15(2,3)4)13(21)8-17-14(22)10-6-7-11(16)23-10/h6-7H,5,8-9H2,1-4H3,(H,17,22)(H,18,20). The van der Waals surface area contributed by atoms with Crippen LogP contribution in [0.4, 0.5) is 0 Å². The Balaban J connectivity index is 2.50. The van der Waals surface area contributed by atoms with Crippen LogP contribution in [0.1, 0.15) is 38.2 Å². The first-order chi connectivity index (χ1) is 10.6. The summed E-state index contributed by atoms with van der Waals surface area (Å²) >= 11 is 3.10. The Labute approximate surface area is 143 Å². The van der Waals surface area contributed by atoms with Crippen molar-refractivity contribution in [3.8, 4) is 0 Å². The van der Waals surface area contributed by atoms with E-state index in [1.165, 1.54) is 11.0 Å². The Morgan fingerprint density at radius 1 is 1.26 bits per heavy atom. The smallest absolute Gasteiger partial charge is 0.287 e. The number of amides is 3. The number of hydrogen-bond acceptors (Lipinski definition) is 4. The fourth-order valence-corrected chi connectivity index (χ4v) is 2.11. The van der Waals surface area contributed by atoms with Crippen LogP contribution < -0.4 is 10.6 Å². The van der Waals surface area contributed by atoms with Crippen LogP contribution in [0, 0.1) is 0 Å². The molecule has 0 aliphatic heterocycles. The Bertz CT molecular complexity index is 578. The van der Waals surface area contributed by atoms with Gasteiger partial charge in [-0.15, -0.1) is 0 Å². The van der Waals surface area contributed by atoms with Crippen molar-refractivity contribution in [2.45, 2.75) is 33.2 Å². The lowest BCUT2D eigenvalue weighted by Crippen LogP contribution is -2.49. The summed E-state index contributed by atoms with van der Waals surface area (Å²) in [6, 6.07) is 3.09.